The Bertz CT molecular complexity index is 759. The number of sulfonamides is 1. The molecule has 0 aliphatic carbocycles. The van der Waals surface area contributed by atoms with Crippen LogP contribution in [0.1, 0.15) is 5.56 Å². The third kappa shape index (κ3) is 4.35. The highest BCUT2D eigenvalue weighted by molar-refractivity contribution is 7.92. The summed E-state index contributed by atoms with van der Waals surface area (Å²) in [4.78, 5) is 3.88. The van der Waals surface area contributed by atoms with E-state index >= 15 is 0 Å². The normalized spacial score (nSPS) is 12.0. The molecule has 0 unspecified atom stereocenters. The predicted octanol–water partition coefficient (Wildman–Crippen LogP) is 3.22. The summed E-state index contributed by atoms with van der Waals surface area (Å²) >= 11 is 0. The van der Waals surface area contributed by atoms with Crippen LogP contribution in [-0.2, 0) is 16.2 Å². The first-order chi connectivity index (χ1) is 10.1. The van der Waals surface area contributed by atoms with Gasteiger partial charge in [0.15, 0.2) is 0 Å². The van der Waals surface area contributed by atoms with E-state index in [9.17, 15) is 21.6 Å². The van der Waals surface area contributed by atoms with Crippen LogP contribution in [0.4, 0.5) is 30.4 Å². The van der Waals surface area contributed by atoms with Crippen LogP contribution in [0.15, 0.2) is 42.6 Å². The third-order valence-corrected chi connectivity index (χ3v) is 3.17. The third-order valence-electron chi connectivity index (χ3n) is 2.56. The summed E-state index contributed by atoms with van der Waals surface area (Å²) < 4.78 is 62.9. The minimum Gasteiger partial charge on any atom is -0.340 e. The molecule has 1 heterocycles. The second kappa shape index (κ2) is 5.84. The van der Waals surface area contributed by atoms with Gasteiger partial charge in [0.2, 0.25) is 10.0 Å². The van der Waals surface area contributed by atoms with Gasteiger partial charge in [-0.25, -0.2) is 13.4 Å². The molecule has 9 heteroatoms. The van der Waals surface area contributed by atoms with Gasteiger partial charge in [-0.2, -0.15) is 13.2 Å². The van der Waals surface area contributed by atoms with Crippen LogP contribution >= 0.6 is 0 Å². The Labute approximate surface area is 125 Å². The first-order valence-electron chi connectivity index (χ1n) is 6.02. The molecule has 5 nitrogen and oxygen atoms in total. The summed E-state index contributed by atoms with van der Waals surface area (Å²) in [5, 5.41) is 2.56. The molecule has 0 radical (unpaired) electrons. The van der Waals surface area contributed by atoms with Gasteiger partial charge in [0.25, 0.3) is 0 Å². The SMILES string of the molecule is CS(=O)(=O)Nc1ccc(Nc2ccccc2C(F)(F)F)nc1. The molecule has 0 amide bonds. The maximum atomic E-state index is 12.9. The smallest absolute Gasteiger partial charge is 0.340 e. The maximum absolute atomic E-state index is 12.9. The van der Waals surface area contributed by atoms with Gasteiger partial charge in [0, 0.05) is 0 Å². The summed E-state index contributed by atoms with van der Waals surface area (Å²) in [6.45, 7) is 0. The lowest BCUT2D eigenvalue weighted by Crippen LogP contribution is -2.10. The largest absolute Gasteiger partial charge is 0.418 e. The minimum atomic E-state index is -4.48. The van der Waals surface area contributed by atoms with E-state index in [1.165, 1.54) is 36.5 Å². The van der Waals surface area contributed by atoms with Crippen LogP contribution in [-0.4, -0.2) is 19.7 Å². The molecule has 0 fully saturated rings. The summed E-state index contributed by atoms with van der Waals surface area (Å²) in [6.07, 6.45) is -2.29. The lowest BCUT2D eigenvalue weighted by Gasteiger charge is -2.14. The number of rotatable bonds is 4. The van der Waals surface area contributed by atoms with Gasteiger partial charge in [-0.15, -0.1) is 0 Å². The van der Waals surface area contributed by atoms with Crippen molar-refractivity contribution in [1.29, 1.82) is 0 Å². The average molecular weight is 331 g/mol. The van der Waals surface area contributed by atoms with Crippen molar-refractivity contribution in [3.63, 3.8) is 0 Å². The highest BCUT2D eigenvalue weighted by Crippen LogP contribution is 2.35. The summed E-state index contributed by atoms with van der Waals surface area (Å²) in [5.74, 6) is 0.163. The molecule has 0 spiro atoms. The molecule has 118 valence electrons. The van der Waals surface area contributed by atoms with Gasteiger partial charge in [0.05, 0.1) is 29.4 Å². The van der Waals surface area contributed by atoms with Crippen molar-refractivity contribution in [1.82, 2.24) is 4.98 Å². The number of anilines is 3. The van der Waals surface area contributed by atoms with E-state index in [0.717, 1.165) is 12.3 Å². The van der Waals surface area contributed by atoms with Crippen LogP contribution in [0, 0.1) is 0 Å². The summed E-state index contributed by atoms with van der Waals surface area (Å²) in [7, 11) is -3.43. The van der Waals surface area contributed by atoms with Crippen molar-refractivity contribution >= 4 is 27.2 Å². The first kappa shape index (κ1) is 16.1. The molecule has 0 bridgehead atoms. The van der Waals surface area contributed by atoms with Gasteiger partial charge >= 0.3 is 6.18 Å². The van der Waals surface area contributed by atoms with Gasteiger partial charge in [-0.3, -0.25) is 4.72 Å². The molecule has 0 aliphatic heterocycles. The van der Waals surface area contributed by atoms with Crippen molar-refractivity contribution in [2.75, 3.05) is 16.3 Å². The Kier molecular flexibility index (Phi) is 4.27. The molecule has 2 aromatic rings. The number of alkyl halides is 3. The second-order valence-corrected chi connectivity index (χ2v) is 6.22. The molecule has 0 aliphatic rings. The fourth-order valence-corrected chi connectivity index (χ4v) is 2.27. The Hall–Kier alpha value is -2.29. The van der Waals surface area contributed by atoms with Crippen molar-refractivity contribution in [2.45, 2.75) is 6.18 Å². The lowest BCUT2D eigenvalue weighted by molar-refractivity contribution is -0.136. The molecule has 1 aromatic carbocycles. The number of benzene rings is 1. The number of hydrogen-bond acceptors (Lipinski definition) is 4. The second-order valence-electron chi connectivity index (χ2n) is 4.47. The van der Waals surface area contributed by atoms with Gasteiger partial charge in [-0.05, 0) is 24.3 Å². The first-order valence-corrected chi connectivity index (χ1v) is 7.91. The molecule has 0 saturated carbocycles. The number of nitrogens with one attached hydrogen (secondary N) is 2. The standard InChI is InChI=1S/C13H12F3N3O2S/c1-22(20,21)19-9-6-7-12(17-8-9)18-11-5-3-2-4-10(11)13(14,15)16/h2-8,19H,1H3,(H,17,18). The molecule has 0 saturated heterocycles. The van der Waals surface area contributed by atoms with Crippen molar-refractivity contribution in [2.24, 2.45) is 0 Å². The van der Waals surface area contributed by atoms with E-state index in [1.54, 1.807) is 0 Å². The predicted molar refractivity (Wildman–Crippen MR) is 77.4 cm³/mol. The topological polar surface area (TPSA) is 71.1 Å². The Morgan fingerprint density at radius 2 is 1.77 bits per heavy atom. The van der Waals surface area contributed by atoms with Crippen LogP contribution in [0.5, 0.6) is 0 Å². The quantitative estimate of drug-likeness (QED) is 0.902. The zero-order valence-electron chi connectivity index (χ0n) is 11.3. The number of nitrogens with zero attached hydrogens (tertiary/aromatic N) is 1. The number of pyridine rings is 1. The Morgan fingerprint density at radius 3 is 2.32 bits per heavy atom. The van der Waals surface area contributed by atoms with Crippen molar-refractivity contribution in [3.05, 3.63) is 48.2 Å². The van der Waals surface area contributed by atoms with E-state index in [-0.39, 0.29) is 17.2 Å². The molecule has 2 rings (SSSR count). The summed E-state index contributed by atoms with van der Waals surface area (Å²) in [5.41, 5.74) is -0.724. The molecular weight excluding hydrogens is 319 g/mol. The molecule has 0 atom stereocenters. The van der Waals surface area contributed by atoms with Gasteiger partial charge in [-0.1, -0.05) is 12.1 Å². The van der Waals surface area contributed by atoms with Crippen LogP contribution in [0.25, 0.3) is 0 Å². The average Bonchev–Trinajstić information content (AvgIpc) is 2.39. The summed E-state index contributed by atoms with van der Waals surface area (Å²) in [6, 6.07) is 7.78. The fraction of sp³-hybridized carbons (Fsp3) is 0.154. The molecular formula is C13H12F3N3O2S. The van der Waals surface area contributed by atoms with E-state index in [1.807, 2.05) is 0 Å². The van der Waals surface area contributed by atoms with E-state index < -0.39 is 21.8 Å². The highest BCUT2D eigenvalue weighted by atomic mass is 32.2. The number of halogens is 3. The monoisotopic (exact) mass is 331 g/mol. The van der Waals surface area contributed by atoms with Crippen molar-refractivity contribution < 1.29 is 21.6 Å². The Morgan fingerprint density at radius 1 is 1.09 bits per heavy atom. The molecule has 1 aromatic heterocycles. The lowest BCUT2D eigenvalue weighted by atomic mass is 10.1. The van der Waals surface area contributed by atoms with Crippen LogP contribution in [0.3, 0.4) is 0 Å². The number of aromatic nitrogens is 1. The fourth-order valence-electron chi connectivity index (χ4n) is 1.72. The van der Waals surface area contributed by atoms with Crippen LogP contribution < -0.4 is 10.0 Å². The minimum absolute atomic E-state index is 0.133. The Balaban J connectivity index is 2.22. The van der Waals surface area contributed by atoms with Gasteiger partial charge < -0.3 is 5.32 Å². The van der Waals surface area contributed by atoms with E-state index in [2.05, 4.69) is 15.0 Å². The zero-order chi connectivity index (χ0) is 16.4. The number of para-hydroxylation sites is 1. The maximum Gasteiger partial charge on any atom is 0.418 e. The molecule has 22 heavy (non-hydrogen) atoms. The number of hydrogen-bond donors (Lipinski definition) is 2. The zero-order valence-corrected chi connectivity index (χ0v) is 12.2. The van der Waals surface area contributed by atoms with E-state index in [0.29, 0.717) is 0 Å². The highest BCUT2D eigenvalue weighted by Gasteiger charge is 2.33. The van der Waals surface area contributed by atoms with E-state index in [4.69, 9.17) is 0 Å². The van der Waals surface area contributed by atoms with Crippen LogP contribution in [0.2, 0.25) is 0 Å². The van der Waals surface area contributed by atoms with Gasteiger partial charge in [0.1, 0.15) is 5.82 Å². The molecule has 2 N–H and O–H groups in total. The van der Waals surface area contributed by atoms with Crippen molar-refractivity contribution in [3.8, 4) is 0 Å².